The molecule has 110 valence electrons. The van der Waals surface area contributed by atoms with E-state index in [0.717, 1.165) is 33.8 Å². The van der Waals surface area contributed by atoms with E-state index in [1.807, 2.05) is 6.07 Å². The molecule has 0 aromatic heterocycles. The first kappa shape index (κ1) is 15.3. The summed E-state index contributed by atoms with van der Waals surface area (Å²) in [5.74, 6) is 0.181. The summed E-state index contributed by atoms with van der Waals surface area (Å²) in [5.41, 5.74) is 4.82. The minimum absolute atomic E-state index is 0.181. The Balaban J connectivity index is 2.00. The van der Waals surface area contributed by atoms with Crippen LogP contribution in [0.1, 0.15) is 47.1 Å². The average molecular weight is 410 g/mol. The number of benzene rings is 2. The summed E-state index contributed by atoms with van der Waals surface area (Å²) >= 11 is 7.18. The van der Waals surface area contributed by atoms with E-state index in [1.165, 1.54) is 16.7 Å². The molecule has 21 heavy (non-hydrogen) atoms. The van der Waals surface area contributed by atoms with Gasteiger partial charge in [-0.15, -0.1) is 0 Å². The van der Waals surface area contributed by atoms with Gasteiger partial charge in [0, 0.05) is 14.9 Å². The molecule has 1 nitrogen and oxygen atoms in total. The molecule has 0 amide bonds. The zero-order valence-electron chi connectivity index (χ0n) is 11.9. The van der Waals surface area contributed by atoms with Crippen LogP contribution in [0.3, 0.4) is 0 Å². The third kappa shape index (κ3) is 2.96. The molecule has 0 heterocycles. The minimum Gasteiger partial charge on any atom is -0.388 e. The topological polar surface area (TPSA) is 20.2 Å². The van der Waals surface area contributed by atoms with E-state index in [4.69, 9.17) is 0 Å². The van der Waals surface area contributed by atoms with E-state index in [1.54, 1.807) is 0 Å². The minimum atomic E-state index is -0.474. The lowest BCUT2D eigenvalue weighted by Gasteiger charge is -2.30. The van der Waals surface area contributed by atoms with E-state index in [9.17, 15) is 5.11 Å². The number of hydrogen-bond donors (Lipinski definition) is 1. The smallest absolute Gasteiger partial charge is 0.0869 e. The lowest BCUT2D eigenvalue weighted by molar-refractivity contribution is 0.135. The SMILES string of the molecule is Cc1cc(Br)c(C(O)C2CCCc3ccccc32)cc1Br. The van der Waals surface area contributed by atoms with Gasteiger partial charge in [0.15, 0.2) is 0 Å². The Bertz CT molecular complexity index is 666. The lowest BCUT2D eigenvalue weighted by Crippen LogP contribution is -2.17. The molecule has 1 N–H and O–H groups in total. The van der Waals surface area contributed by atoms with Crippen molar-refractivity contribution in [2.24, 2.45) is 0 Å². The van der Waals surface area contributed by atoms with Crippen molar-refractivity contribution in [3.05, 3.63) is 67.6 Å². The monoisotopic (exact) mass is 408 g/mol. The quantitative estimate of drug-likeness (QED) is 0.676. The largest absolute Gasteiger partial charge is 0.388 e. The second-order valence-electron chi connectivity index (χ2n) is 5.77. The van der Waals surface area contributed by atoms with E-state index in [2.05, 4.69) is 69.1 Å². The van der Waals surface area contributed by atoms with Crippen molar-refractivity contribution in [2.75, 3.05) is 0 Å². The second-order valence-corrected chi connectivity index (χ2v) is 7.47. The van der Waals surface area contributed by atoms with Crippen LogP contribution in [-0.2, 0) is 6.42 Å². The molecule has 0 aliphatic heterocycles. The highest BCUT2D eigenvalue weighted by Gasteiger charge is 2.28. The predicted octanol–water partition coefficient (Wildman–Crippen LogP) is 5.67. The zero-order chi connectivity index (χ0) is 15.0. The summed E-state index contributed by atoms with van der Waals surface area (Å²) in [6.07, 6.45) is 2.83. The Morgan fingerprint density at radius 3 is 2.71 bits per heavy atom. The first-order chi connectivity index (χ1) is 10.1. The molecule has 0 spiro atoms. The van der Waals surface area contributed by atoms with Crippen LogP contribution in [0.2, 0.25) is 0 Å². The Labute approximate surface area is 142 Å². The first-order valence-electron chi connectivity index (χ1n) is 7.29. The van der Waals surface area contributed by atoms with Crippen molar-refractivity contribution in [2.45, 2.75) is 38.2 Å². The highest BCUT2D eigenvalue weighted by atomic mass is 79.9. The number of hydrogen-bond acceptors (Lipinski definition) is 1. The number of aliphatic hydroxyl groups excluding tert-OH is 1. The van der Waals surface area contributed by atoms with Gasteiger partial charge in [0.05, 0.1) is 6.10 Å². The van der Waals surface area contributed by atoms with Gasteiger partial charge in [-0.1, -0.05) is 56.1 Å². The fourth-order valence-corrected chi connectivity index (χ4v) is 4.28. The van der Waals surface area contributed by atoms with Crippen molar-refractivity contribution < 1.29 is 5.11 Å². The molecule has 2 aromatic carbocycles. The van der Waals surface area contributed by atoms with Gasteiger partial charge in [0.25, 0.3) is 0 Å². The van der Waals surface area contributed by atoms with Crippen LogP contribution in [0.5, 0.6) is 0 Å². The summed E-state index contributed by atoms with van der Waals surface area (Å²) in [6.45, 7) is 2.06. The van der Waals surface area contributed by atoms with Crippen LogP contribution < -0.4 is 0 Å². The van der Waals surface area contributed by atoms with Gasteiger partial charge in [-0.25, -0.2) is 0 Å². The van der Waals surface area contributed by atoms with Gasteiger partial charge in [-0.3, -0.25) is 0 Å². The van der Waals surface area contributed by atoms with Gasteiger partial charge in [0.2, 0.25) is 0 Å². The molecule has 2 aromatic rings. The Hall–Kier alpha value is -0.640. The fraction of sp³-hybridized carbons (Fsp3) is 0.333. The number of rotatable bonds is 2. The zero-order valence-corrected chi connectivity index (χ0v) is 15.1. The van der Waals surface area contributed by atoms with E-state index in [0.29, 0.717) is 0 Å². The molecule has 0 bridgehead atoms. The summed E-state index contributed by atoms with van der Waals surface area (Å²) in [5, 5.41) is 10.9. The molecule has 0 fully saturated rings. The first-order valence-corrected chi connectivity index (χ1v) is 8.88. The summed E-state index contributed by atoms with van der Waals surface area (Å²) < 4.78 is 2.03. The van der Waals surface area contributed by atoms with Crippen molar-refractivity contribution in [1.82, 2.24) is 0 Å². The number of aryl methyl sites for hydroxylation is 2. The van der Waals surface area contributed by atoms with Gasteiger partial charge in [0.1, 0.15) is 0 Å². The second kappa shape index (κ2) is 6.23. The van der Waals surface area contributed by atoms with Crippen molar-refractivity contribution in [3.8, 4) is 0 Å². The van der Waals surface area contributed by atoms with Crippen LogP contribution in [0.25, 0.3) is 0 Å². The molecular formula is C18H18Br2O. The number of fused-ring (bicyclic) bond motifs is 1. The molecular weight excluding hydrogens is 392 g/mol. The van der Waals surface area contributed by atoms with Crippen LogP contribution in [0.4, 0.5) is 0 Å². The number of halogens is 2. The maximum Gasteiger partial charge on any atom is 0.0869 e. The van der Waals surface area contributed by atoms with Crippen LogP contribution in [-0.4, -0.2) is 5.11 Å². The molecule has 2 atom stereocenters. The summed E-state index contributed by atoms with van der Waals surface area (Å²) in [6, 6.07) is 12.6. The average Bonchev–Trinajstić information content (AvgIpc) is 2.49. The summed E-state index contributed by atoms with van der Waals surface area (Å²) in [7, 11) is 0. The van der Waals surface area contributed by atoms with Crippen molar-refractivity contribution in [1.29, 1.82) is 0 Å². The highest BCUT2D eigenvalue weighted by molar-refractivity contribution is 9.11. The van der Waals surface area contributed by atoms with Crippen LogP contribution in [0.15, 0.2) is 45.3 Å². The number of aliphatic hydroxyl groups is 1. The predicted molar refractivity (Wildman–Crippen MR) is 93.7 cm³/mol. The molecule has 0 saturated carbocycles. The molecule has 3 rings (SSSR count). The molecule has 0 saturated heterocycles. The van der Waals surface area contributed by atoms with Gasteiger partial charge in [-0.2, -0.15) is 0 Å². The van der Waals surface area contributed by atoms with E-state index < -0.39 is 6.10 Å². The Morgan fingerprint density at radius 1 is 1.14 bits per heavy atom. The molecule has 1 aliphatic carbocycles. The third-order valence-corrected chi connectivity index (χ3v) is 5.93. The van der Waals surface area contributed by atoms with Gasteiger partial charge < -0.3 is 5.11 Å². The van der Waals surface area contributed by atoms with E-state index >= 15 is 0 Å². The maximum absolute atomic E-state index is 10.9. The van der Waals surface area contributed by atoms with Crippen molar-refractivity contribution in [3.63, 3.8) is 0 Å². The van der Waals surface area contributed by atoms with Gasteiger partial charge in [-0.05, 0) is 60.6 Å². The fourth-order valence-electron chi connectivity index (χ4n) is 3.22. The Kier molecular flexibility index (Phi) is 4.53. The van der Waals surface area contributed by atoms with Crippen LogP contribution in [0, 0.1) is 6.92 Å². The van der Waals surface area contributed by atoms with Crippen molar-refractivity contribution >= 4 is 31.9 Å². The molecule has 2 unspecified atom stereocenters. The third-order valence-electron chi connectivity index (χ3n) is 4.39. The molecule has 1 aliphatic rings. The maximum atomic E-state index is 10.9. The summed E-state index contributed by atoms with van der Waals surface area (Å²) in [4.78, 5) is 0. The van der Waals surface area contributed by atoms with Crippen LogP contribution >= 0.6 is 31.9 Å². The highest BCUT2D eigenvalue weighted by Crippen LogP contribution is 2.43. The lowest BCUT2D eigenvalue weighted by atomic mass is 9.78. The Morgan fingerprint density at radius 2 is 1.90 bits per heavy atom. The molecule has 3 heteroatoms. The van der Waals surface area contributed by atoms with Gasteiger partial charge >= 0.3 is 0 Å². The molecule has 0 radical (unpaired) electrons. The normalized spacial score (nSPS) is 19.1. The van der Waals surface area contributed by atoms with E-state index in [-0.39, 0.29) is 5.92 Å². The standard InChI is InChI=1S/C18H18Br2O/c1-11-9-17(20)15(10-16(11)19)18(21)14-8-4-6-12-5-2-3-7-13(12)14/h2-3,5,7,9-10,14,18,21H,4,6,8H2,1H3.